The van der Waals surface area contributed by atoms with Gasteiger partial charge >= 0.3 is 5.97 Å². The molecule has 0 saturated carbocycles. The summed E-state index contributed by atoms with van der Waals surface area (Å²) in [6.07, 6.45) is 0.510. The van der Waals surface area contributed by atoms with Crippen molar-refractivity contribution >= 4 is 5.97 Å². The van der Waals surface area contributed by atoms with Crippen LogP contribution in [-0.4, -0.2) is 21.7 Å². The minimum absolute atomic E-state index is 0.0290. The van der Waals surface area contributed by atoms with E-state index in [0.29, 0.717) is 0 Å². The summed E-state index contributed by atoms with van der Waals surface area (Å²) in [6, 6.07) is 30.9. The van der Waals surface area contributed by atoms with Gasteiger partial charge in [0, 0.05) is 0 Å². The maximum Gasteiger partial charge on any atom is 0.305 e. The van der Waals surface area contributed by atoms with E-state index in [-0.39, 0.29) is 30.4 Å². The van der Waals surface area contributed by atoms with Crippen molar-refractivity contribution in [2.24, 2.45) is 5.92 Å². The first-order valence-electron chi connectivity index (χ1n) is 12.5. The zero-order chi connectivity index (χ0) is 25.4. The van der Waals surface area contributed by atoms with Crippen LogP contribution in [-0.2, 0) is 9.63 Å². The summed E-state index contributed by atoms with van der Waals surface area (Å²) in [6.45, 7) is 10.5. The normalized spacial score (nSPS) is 14.6. The average molecular weight is 474 g/mol. The number of carboxylic acid groups (broad SMARTS) is 1. The molecule has 0 amide bonds. The molecular formula is C31H39NO3. The van der Waals surface area contributed by atoms with Crippen molar-refractivity contribution in [2.75, 3.05) is 0 Å². The van der Waals surface area contributed by atoms with Crippen LogP contribution in [0.5, 0.6) is 0 Å². The van der Waals surface area contributed by atoms with Crippen LogP contribution in [0.4, 0.5) is 0 Å². The predicted octanol–water partition coefficient (Wildman–Crippen LogP) is 7.81. The fourth-order valence-electron chi connectivity index (χ4n) is 4.76. The molecule has 0 aromatic heterocycles. The predicted molar refractivity (Wildman–Crippen MR) is 142 cm³/mol. The van der Waals surface area contributed by atoms with Crippen LogP contribution >= 0.6 is 0 Å². The zero-order valence-corrected chi connectivity index (χ0v) is 21.6. The molecule has 35 heavy (non-hydrogen) atoms. The second-order valence-corrected chi connectivity index (χ2v) is 10.4. The van der Waals surface area contributed by atoms with Gasteiger partial charge in [0.1, 0.15) is 6.10 Å². The minimum Gasteiger partial charge on any atom is -0.481 e. The van der Waals surface area contributed by atoms with Gasteiger partial charge in [0.2, 0.25) is 0 Å². The first kappa shape index (κ1) is 26.7. The Morgan fingerprint density at radius 2 is 1.26 bits per heavy atom. The maximum atomic E-state index is 11.9. The van der Waals surface area contributed by atoms with Crippen LogP contribution in [0.2, 0.25) is 0 Å². The van der Waals surface area contributed by atoms with Crippen molar-refractivity contribution in [3.8, 4) is 0 Å². The molecule has 186 valence electrons. The lowest BCUT2D eigenvalue weighted by atomic mass is 9.89. The monoisotopic (exact) mass is 473 g/mol. The standard InChI is InChI=1S/C31H39NO3/c1-23(2)30(27-19-13-8-14-20-27)32(31(4,5)22-29(33)34)35-28(26-17-11-7-12-18-26)21-24(3)25-15-9-6-10-16-25/h6-20,23-24,28,30H,21-22H2,1-5H3,(H,33,34). The number of hydrogen-bond donors (Lipinski definition) is 1. The molecule has 0 spiro atoms. The lowest BCUT2D eigenvalue weighted by Gasteiger charge is -2.45. The summed E-state index contributed by atoms with van der Waals surface area (Å²) in [4.78, 5) is 18.8. The van der Waals surface area contributed by atoms with Crippen LogP contribution in [0, 0.1) is 5.92 Å². The van der Waals surface area contributed by atoms with Crippen molar-refractivity contribution in [1.29, 1.82) is 0 Å². The number of rotatable bonds is 12. The third-order valence-electron chi connectivity index (χ3n) is 6.55. The van der Waals surface area contributed by atoms with Gasteiger partial charge in [-0.3, -0.25) is 9.63 Å². The third kappa shape index (κ3) is 7.27. The number of carboxylic acids is 1. The molecule has 0 aliphatic heterocycles. The van der Waals surface area contributed by atoms with Crippen molar-refractivity contribution in [3.05, 3.63) is 108 Å². The fraction of sp³-hybridized carbons (Fsp3) is 0.387. The molecule has 3 unspecified atom stereocenters. The maximum absolute atomic E-state index is 11.9. The highest BCUT2D eigenvalue weighted by atomic mass is 16.7. The quantitative estimate of drug-likeness (QED) is 0.273. The van der Waals surface area contributed by atoms with E-state index in [1.54, 1.807) is 0 Å². The van der Waals surface area contributed by atoms with Crippen molar-refractivity contribution in [1.82, 2.24) is 5.06 Å². The van der Waals surface area contributed by atoms with Crippen molar-refractivity contribution in [3.63, 3.8) is 0 Å². The first-order valence-corrected chi connectivity index (χ1v) is 12.5. The minimum atomic E-state index is -0.840. The number of aliphatic carboxylic acids is 1. The lowest BCUT2D eigenvalue weighted by molar-refractivity contribution is -0.283. The van der Waals surface area contributed by atoms with E-state index in [4.69, 9.17) is 4.84 Å². The van der Waals surface area contributed by atoms with E-state index in [9.17, 15) is 9.90 Å². The van der Waals surface area contributed by atoms with Gasteiger partial charge < -0.3 is 5.11 Å². The van der Waals surface area contributed by atoms with E-state index >= 15 is 0 Å². The molecule has 3 aromatic carbocycles. The summed E-state index contributed by atoms with van der Waals surface area (Å²) in [7, 11) is 0. The van der Waals surface area contributed by atoms with E-state index in [1.165, 1.54) is 5.56 Å². The fourth-order valence-corrected chi connectivity index (χ4v) is 4.76. The summed E-state index contributed by atoms with van der Waals surface area (Å²) < 4.78 is 0. The van der Waals surface area contributed by atoms with Gasteiger partial charge in [0.05, 0.1) is 18.0 Å². The summed E-state index contributed by atoms with van der Waals surface area (Å²) >= 11 is 0. The average Bonchev–Trinajstić information content (AvgIpc) is 2.83. The Morgan fingerprint density at radius 1 is 0.800 bits per heavy atom. The van der Waals surface area contributed by atoms with Gasteiger partial charge in [-0.25, -0.2) is 0 Å². The molecule has 0 heterocycles. The van der Waals surface area contributed by atoms with E-state index in [2.05, 4.69) is 69.3 Å². The van der Waals surface area contributed by atoms with Gasteiger partial charge in [0.25, 0.3) is 0 Å². The summed E-state index contributed by atoms with van der Waals surface area (Å²) in [5.41, 5.74) is 2.72. The second kappa shape index (κ2) is 12.1. The Morgan fingerprint density at radius 3 is 1.71 bits per heavy atom. The molecule has 3 atom stereocenters. The Kier molecular flexibility index (Phi) is 9.25. The number of nitrogens with zero attached hydrogens (tertiary/aromatic N) is 1. The molecule has 4 nitrogen and oxygen atoms in total. The number of benzene rings is 3. The van der Waals surface area contributed by atoms with Crippen LogP contribution in [0.25, 0.3) is 0 Å². The third-order valence-corrected chi connectivity index (χ3v) is 6.55. The molecule has 4 heteroatoms. The van der Waals surface area contributed by atoms with E-state index in [1.807, 2.05) is 61.4 Å². The van der Waals surface area contributed by atoms with Crippen LogP contribution in [0.15, 0.2) is 91.0 Å². The summed E-state index contributed by atoms with van der Waals surface area (Å²) in [5, 5.41) is 11.7. The van der Waals surface area contributed by atoms with Crippen LogP contribution in [0.1, 0.15) is 82.2 Å². The van der Waals surface area contributed by atoms with E-state index < -0.39 is 11.5 Å². The SMILES string of the molecule is CC(CC(ON(C(c1ccccc1)C(C)C)C(C)(C)CC(=O)O)c1ccccc1)c1ccccc1. The highest BCUT2D eigenvalue weighted by molar-refractivity contribution is 5.68. The highest BCUT2D eigenvalue weighted by Gasteiger charge is 2.40. The number of carbonyl (C=O) groups is 1. The topological polar surface area (TPSA) is 49.8 Å². The van der Waals surface area contributed by atoms with Gasteiger partial charge in [-0.2, -0.15) is 5.06 Å². The molecule has 0 aliphatic carbocycles. The molecule has 3 aromatic rings. The number of hydrogen-bond acceptors (Lipinski definition) is 3. The smallest absolute Gasteiger partial charge is 0.305 e. The zero-order valence-electron chi connectivity index (χ0n) is 21.6. The molecule has 3 rings (SSSR count). The largest absolute Gasteiger partial charge is 0.481 e. The number of hydroxylamine groups is 2. The Labute approximate surface area is 210 Å². The molecule has 0 aliphatic rings. The Bertz CT molecular complexity index is 1030. The van der Waals surface area contributed by atoms with Gasteiger partial charge in [-0.1, -0.05) is 112 Å². The van der Waals surface area contributed by atoms with Crippen molar-refractivity contribution in [2.45, 2.75) is 71.1 Å². The first-order chi connectivity index (χ1) is 16.7. The molecule has 0 saturated heterocycles. The molecule has 0 bridgehead atoms. The van der Waals surface area contributed by atoms with Crippen LogP contribution < -0.4 is 0 Å². The van der Waals surface area contributed by atoms with E-state index in [0.717, 1.165) is 17.5 Å². The Hall–Kier alpha value is -2.95. The Balaban J connectivity index is 2.04. The molecular weight excluding hydrogens is 434 g/mol. The van der Waals surface area contributed by atoms with Gasteiger partial charge in [-0.05, 0) is 48.8 Å². The molecule has 0 radical (unpaired) electrons. The molecule has 0 fully saturated rings. The second-order valence-electron chi connectivity index (χ2n) is 10.4. The van der Waals surface area contributed by atoms with Crippen molar-refractivity contribution < 1.29 is 14.7 Å². The lowest BCUT2D eigenvalue weighted by Crippen LogP contribution is -2.49. The van der Waals surface area contributed by atoms with Crippen LogP contribution in [0.3, 0.4) is 0 Å². The highest BCUT2D eigenvalue weighted by Crippen LogP contribution is 2.41. The molecule has 1 N–H and O–H groups in total. The van der Waals surface area contributed by atoms with Gasteiger partial charge in [-0.15, -0.1) is 0 Å². The summed E-state index contributed by atoms with van der Waals surface area (Å²) in [5.74, 6) is -0.374. The van der Waals surface area contributed by atoms with Gasteiger partial charge in [0.15, 0.2) is 0 Å².